The number of nitrogens with zero attached hydrogens (tertiary/aromatic N) is 2. The molecule has 0 aliphatic heterocycles. The lowest BCUT2D eigenvalue weighted by Crippen LogP contribution is -2.23. The highest BCUT2D eigenvalue weighted by Gasteiger charge is 2.15. The van der Waals surface area contributed by atoms with Crippen molar-refractivity contribution in [3.05, 3.63) is 17.0 Å². The fourth-order valence-corrected chi connectivity index (χ4v) is 2.42. The van der Waals surface area contributed by atoms with Gasteiger partial charge in [0.2, 0.25) is 0 Å². The van der Waals surface area contributed by atoms with Gasteiger partial charge in [-0.05, 0) is 26.2 Å². The van der Waals surface area contributed by atoms with Gasteiger partial charge >= 0.3 is 0 Å². The van der Waals surface area contributed by atoms with Gasteiger partial charge in [0, 0.05) is 43.6 Å². The molecule has 0 amide bonds. The van der Waals surface area contributed by atoms with Crippen LogP contribution in [0.25, 0.3) is 0 Å². The lowest BCUT2D eigenvalue weighted by Gasteiger charge is -2.11. The molecule has 0 aliphatic rings. The minimum Gasteiger partial charge on any atom is -0.382 e. The summed E-state index contributed by atoms with van der Waals surface area (Å²) in [6, 6.07) is 0.505. The molecule has 0 bridgehead atoms. The number of aromatic nitrogens is 2. The number of hydrogen-bond donors (Lipinski definition) is 1. The van der Waals surface area contributed by atoms with Crippen LogP contribution < -0.4 is 5.32 Å². The Morgan fingerprint density at radius 2 is 1.95 bits per heavy atom. The molecule has 0 aliphatic carbocycles. The minimum atomic E-state index is 0.505. The zero-order valence-corrected chi connectivity index (χ0v) is 13.8. The molecule has 0 unspecified atom stereocenters. The Balaban J connectivity index is 2.78. The van der Waals surface area contributed by atoms with E-state index in [1.165, 1.54) is 17.0 Å². The zero-order valence-electron chi connectivity index (χ0n) is 13.8. The third-order valence-electron chi connectivity index (χ3n) is 3.47. The average Bonchev–Trinajstić information content (AvgIpc) is 2.78. The van der Waals surface area contributed by atoms with Gasteiger partial charge in [0.25, 0.3) is 0 Å². The van der Waals surface area contributed by atoms with Gasteiger partial charge in [-0.3, -0.25) is 4.68 Å². The molecule has 0 saturated heterocycles. The summed E-state index contributed by atoms with van der Waals surface area (Å²) < 4.78 is 7.61. The summed E-state index contributed by atoms with van der Waals surface area (Å²) in [6.45, 7) is 14.3. The maximum Gasteiger partial charge on any atom is 0.0669 e. The highest BCUT2D eigenvalue weighted by molar-refractivity contribution is 5.26. The first-order valence-electron chi connectivity index (χ1n) is 8.02. The first-order valence-corrected chi connectivity index (χ1v) is 8.02. The third kappa shape index (κ3) is 4.91. The molecule has 0 fully saturated rings. The highest BCUT2D eigenvalue weighted by atomic mass is 16.5. The lowest BCUT2D eigenvalue weighted by atomic mass is 10.1. The van der Waals surface area contributed by atoms with Crippen molar-refractivity contribution in [1.29, 1.82) is 0 Å². The molecule has 1 rings (SSSR count). The lowest BCUT2D eigenvalue weighted by molar-refractivity contribution is 0.140. The Labute approximate surface area is 123 Å². The molecule has 1 aromatic heterocycles. The van der Waals surface area contributed by atoms with Crippen LogP contribution in [0.1, 0.15) is 58.0 Å². The number of rotatable bonds is 10. The van der Waals surface area contributed by atoms with Gasteiger partial charge < -0.3 is 10.1 Å². The first kappa shape index (κ1) is 17.2. The van der Waals surface area contributed by atoms with E-state index in [2.05, 4.69) is 37.7 Å². The van der Waals surface area contributed by atoms with Crippen molar-refractivity contribution in [3.63, 3.8) is 0 Å². The van der Waals surface area contributed by atoms with E-state index < -0.39 is 0 Å². The highest BCUT2D eigenvalue weighted by Crippen LogP contribution is 2.17. The quantitative estimate of drug-likeness (QED) is 0.670. The van der Waals surface area contributed by atoms with E-state index in [1.54, 1.807) is 0 Å². The molecule has 116 valence electrons. The minimum absolute atomic E-state index is 0.505. The van der Waals surface area contributed by atoms with E-state index in [0.29, 0.717) is 6.04 Å². The molecule has 0 spiro atoms. The van der Waals surface area contributed by atoms with Crippen LogP contribution in [0.5, 0.6) is 0 Å². The Morgan fingerprint density at radius 1 is 1.20 bits per heavy atom. The summed E-state index contributed by atoms with van der Waals surface area (Å²) in [5, 5.41) is 8.32. The molecule has 1 N–H and O–H groups in total. The van der Waals surface area contributed by atoms with Gasteiger partial charge in [-0.25, -0.2) is 0 Å². The molecule has 1 heterocycles. The van der Waals surface area contributed by atoms with Crippen LogP contribution in [0.2, 0.25) is 0 Å². The number of ether oxygens (including phenoxy) is 1. The molecular weight excluding hydrogens is 250 g/mol. The first-order chi connectivity index (χ1) is 9.63. The number of hydrogen-bond acceptors (Lipinski definition) is 3. The number of aryl methyl sites for hydroxylation is 2. The maximum atomic E-state index is 5.42. The van der Waals surface area contributed by atoms with E-state index in [-0.39, 0.29) is 0 Å². The van der Waals surface area contributed by atoms with Crippen molar-refractivity contribution in [1.82, 2.24) is 15.1 Å². The molecule has 20 heavy (non-hydrogen) atoms. The van der Waals surface area contributed by atoms with Crippen molar-refractivity contribution >= 4 is 0 Å². The van der Waals surface area contributed by atoms with Crippen LogP contribution in [0, 0.1) is 0 Å². The Bertz CT molecular complexity index is 385. The average molecular weight is 281 g/mol. The Morgan fingerprint density at radius 3 is 2.50 bits per heavy atom. The van der Waals surface area contributed by atoms with Gasteiger partial charge in [0.15, 0.2) is 0 Å². The standard InChI is InChI=1S/C16H31N3O/c1-6-15-14(12-17-13(4)5)16(7-2)19(18-15)10-9-11-20-8-3/h13,17H,6-12H2,1-5H3. The Kier molecular flexibility index (Phi) is 7.85. The largest absolute Gasteiger partial charge is 0.382 e. The second-order valence-electron chi connectivity index (χ2n) is 5.39. The van der Waals surface area contributed by atoms with E-state index in [0.717, 1.165) is 45.6 Å². The zero-order chi connectivity index (χ0) is 15.0. The van der Waals surface area contributed by atoms with Crippen molar-refractivity contribution < 1.29 is 4.74 Å². The van der Waals surface area contributed by atoms with Crippen LogP contribution >= 0.6 is 0 Å². The van der Waals surface area contributed by atoms with Crippen molar-refractivity contribution in [3.8, 4) is 0 Å². The maximum absolute atomic E-state index is 5.42. The van der Waals surface area contributed by atoms with Crippen molar-refractivity contribution in [2.24, 2.45) is 0 Å². The SMILES string of the molecule is CCOCCCn1nc(CC)c(CNC(C)C)c1CC. The molecule has 0 atom stereocenters. The second kappa shape index (κ2) is 9.14. The van der Waals surface area contributed by atoms with Crippen LogP contribution in [-0.2, 0) is 30.7 Å². The molecule has 1 aromatic rings. The summed E-state index contributed by atoms with van der Waals surface area (Å²) in [5.74, 6) is 0. The van der Waals surface area contributed by atoms with E-state index in [4.69, 9.17) is 9.84 Å². The molecule has 0 aromatic carbocycles. The van der Waals surface area contributed by atoms with Crippen molar-refractivity contribution in [2.45, 2.75) is 73.0 Å². The summed E-state index contributed by atoms with van der Waals surface area (Å²) >= 11 is 0. The van der Waals surface area contributed by atoms with E-state index >= 15 is 0 Å². The van der Waals surface area contributed by atoms with E-state index in [1.807, 2.05) is 6.92 Å². The second-order valence-corrected chi connectivity index (χ2v) is 5.39. The normalized spacial score (nSPS) is 11.5. The van der Waals surface area contributed by atoms with Crippen LogP contribution in [0.15, 0.2) is 0 Å². The topological polar surface area (TPSA) is 39.1 Å². The van der Waals surface area contributed by atoms with Crippen LogP contribution in [0.4, 0.5) is 0 Å². The van der Waals surface area contributed by atoms with Gasteiger partial charge in [0.1, 0.15) is 0 Å². The number of nitrogens with one attached hydrogen (secondary N) is 1. The fraction of sp³-hybridized carbons (Fsp3) is 0.812. The predicted octanol–water partition coefficient (Wildman–Crippen LogP) is 2.93. The van der Waals surface area contributed by atoms with Crippen LogP contribution in [0.3, 0.4) is 0 Å². The van der Waals surface area contributed by atoms with Crippen molar-refractivity contribution in [2.75, 3.05) is 13.2 Å². The molecular formula is C16H31N3O. The summed E-state index contributed by atoms with van der Waals surface area (Å²) in [5.41, 5.74) is 4.03. The molecule has 0 saturated carbocycles. The van der Waals surface area contributed by atoms with Gasteiger partial charge in [-0.1, -0.05) is 27.7 Å². The Hall–Kier alpha value is -0.870. The van der Waals surface area contributed by atoms with Gasteiger partial charge in [-0.15, -0.1) is 0 Å². The molecule has 4 heteroatoms. The molecule has 0 radical (unpaired) electrons. The summed E-state index contributed by atoms with van der Waals surface area (Å²) in [6.07, 6.45) is 3.07. The van der Waals surface area contributed by atoms with E-state index in [9.17, 15) is 0 Å². The summed E-state index contributed by atoms with van der Waals surface area (Å²) in [7, 11) is 0. The monoisotopic (exact) mass is 281 g/mol. The van der Waals surface area contributed by atoms with Gasteiger partial charge in [0.05, 0.1) is 5.69 Å². The molecule has 4 nitrogen and oxygen atoms in total. The van der Waals surface area contributed by atoms with Gasteiger partial charge in [-0.2, -0.15) is 5.10 Å². The van der Waals surface area contributed by atoms with Crippen LogP contribution in [-0.4, -0.2) is 29.0 Å². The third-order valence-corrected chi connectivity index (χ3v) is 3.47. The predicted molar refractivity (Wildman–Crippen MR) is 84.1 cm³/mol. The fourth-order valence-electron chi connectivity index (χ4n) is 2.42. The smallest absolute Gasteiger partial charge is 0.0669 e. The summed E-state index contributed by atoms with van der Waals surface area (Å²) in [4.78, 5) is 0.